The normalized spacial score (nSPS) is 13.9. The largest absolute Gasteiger partial charge is 0.348 e. The summed E-state index contributed by atoms with van der Waals surface area (Å²) in [5.74, 6) is 1.56. The number of nitrogens with zero attached hydrogens (tertiary/aromatic N) is 3. The van der Waals surface area contributed by atoms with E-state index in [9.17, 15) is 4.79 Å². The van der Waals surface area contributed by atoms with Crippen LogP contribution >= 0.6 is 0 Å². The van der Waals surface area contributed by atoms with E-state index < -0.39 is 0 Å². The van der Waals surface area contributed by atoms with Gasteiger partial charge in [0, 0.05) is 18.5 Å². The Morgan fingerprint density at radius 1 is 1.17 bits per heavy atom. The van der Waals surface area contributed by atoms with Crippen LogP contribution in [0.5, 0.6) is 0 Å². The Bertz CT molecular complexity index is 650. The van der Waals surface area contributed by atoms with E-state index in [1.165, 1.54) is 5.56 Å². The van der Waals surface area contributed by atoms with E-state index in [4.69, 9.17) is 0 Å². The number of benzene rings is 1. The third-order valence-corrected chi connectivity index (χ3v) is 3.96. The van der Waals surface area contributed by atoms with E-state index in [1.807, 2.05) is 30.3 Å². The molecular weight excluding hydrogens is 288 g/mol. The van der Waals surface area contributed by atoms with E-state index in [2.05, 4.69) is 46.4 Å². The zero-order chi connectivity index (χ0) is 16.2. The highest BCUT2D eigenvalue weighted by atomic mass is 16.2. The molecule has 0 unspecified atom stereocenters. The van der Waals surface area contributed by atoms with Crippen molar-refractivity contribution in [3.8, 4) is 0 Å². The fourth-order valence-electron chi connectivity index (χ4n) is 2.43. The highest BCUT2D eigenvalue weighted by molar-refractivity contribution is 5.93. The van der Waals surface area contributed by atoms with Gasteiger partial charge in [0.25, 0.3) is 0 Å². The molecule has 23 heavy (non-hydrogen) atoms. The first-order valence-corrected chi connectivity index (χ1v) is 8.08. The Morgan fingerprint density at radius 3 is 2.48 bits per heavy atom. The maximum absolute atomic E-state index is 11.8. The van der Waals surface area contributed by atoms with Crippen molar-refractivity contribution in [3.63, 3.8) is 0 Å². The van der Waals surface area contributed by atoms with Crippen molar-refractivity contribution in [1.29, 1.82) is 0 Å². The number of hydrogen-bond donors (Lipinski definition) is 1. The standard InChI is InChI=1S/C18H22N4O/c1-13(2)22(12-14-6-4-3-5-7-14)17-11-10-16(20-21-17)19-18(23)15-8-9-15/h3-7,10-11,13,15H,8-9,12H2,1-2H3,(H,19,20,23). The molecule has 5 heteroatoms. The predicted molar refractivity (Wildman–Crippen MR) is 91.1 cm³/mol. The zero-order valence-corrected chi connectivity index (χ0v) is 13.6. The molecule has 1 fully saturated rings. The highest BCUT2D eigenvalue weighted by Crippen LogP contribution is 2.30. The minimum Gasteiger partial charge on any atom is -0.348 e. The second-order valence-corrected chi connectivity index (χ2v) is 6.25. The molecule has 1 aromatic heterocycles. The van der Waals surface area contributed by atoms with Gasteiger partial charge in [0.15, 0.2) is 11.6 Å². The van der Waals surface area contributed by atoms with Crippen LogP contribution in [-0.2, 0) is 11.3 Å². The molecule has 0 aliphatic heterocycles. The highest BCUT2D eigenvalue weighted by Gasteiger charge is 2.29. The lowest BCUT2D eigenvalue weighted by Crippen LogP contribution is -2.31. The summed E-state index contributed by atoms with van der Waals surface area (Å²) in [5.41, 5.74) is 1.23. The monoisotopic (exact) mass is 310 g/mol. The third kappa shape index (κ3) is 4.06. The Balaban J connectivity index is 1.70. The molecule has 5 nitrogen and oxygen atoms in total. The van der Waals surface area contributed by atoms with Crippen LogP contribution in [0.2, 0.25) is 0 Å². The van der Waals surface area contributed by atoms with Crippen molar-refractivity contribution < 1.29 is 4.79 Å². The van der Waals surface area contributed by atoms with Gasteiger partial charge in [-0.1, -0.05) is 30.3 Å². The van der Waals surface area contributed by atoms with Crippen molar-refractivity contribution in [2.45, 2.75) is 39.3 Å². The summed E-state index contributed by atoms with van der Waals surface area (Å²) in [7, 11) is 0. The van der Waals surface area contributed by atoms with E-state index in [-0.39, 0.29) is 11.8 Å². The average Bonchev–Trinajstić information content (AvgIpc) is 3.39. The maximum atomic E-state index is 11.8. The summed E-state index contributed by atoms with van der Waals surface area (Å²) >= 11 is 0. The molecule has 1 saturated carbocycles. The van der Waals surface area contributed by atoms with Crippen molar-refractivity contribution >= 4 is 17.5 Å². The fraction of sp³-hybridized carbons (Fsp3) is 0.389. The van der Waals surface area contributed by atoms with E-state index >= 15 is 0 Å². The molecule has 3 rings (SSSR count). The third-order valence-electron chi connectivity index (χ3n) is 3.96. The van der Waals surface area contributed by atoms with Crippen molar-refractivity contribution in [2.75, 3.05) is 10.2 Å². The smallest absolute Gasteiger partial charge is 0.228 e. The first kappa shape index (κ1) is 15.5. The number of aromatic nitrogens is 2. The van der Waals surface area contributed by atoms with Gasteiger partial charge in [-0.3, -0.25) is 4.79 Å². The molecule has 1 amide bonds. The summed E-state index contributed by atoms with van der Waals surface area (Å²) in [6, 6.07) is 14.3. The lowest BCUT2D eigenvalue weighted by molar-refractivity contribution is -0.117. The van der Waals surface area contributed by atoms with Crippen molar-refractivity contribution in [2.24, 2.45) is 5.92 Å². The van der Waals surface area contributed by atoms with Gasteiger partial charge >= 0.3 is 0 Å². The fourth-order valence-corrected chi connectivity index (χ4v) is 2.43. The Labute approximate surface area is 136 Å². The summed E-state index contributed by atoms with van der Waals surface area (Å²) in [6.07, 6.45) is 1.96. The van der Waals surface area contributed by atoms with Gasteiger partial charge in [0.1, 0.15) is 0 Å². The molecule has 0 spiro atoms. The molecule has 1 heterocycles. The van der Waals surface area contributed by atoms with Crippen LogP contribution < -0.4 is 10.2 Å². The van der Waals surface area contributed by atoms with Crippen LogP contribution in [0.15, 0.2) is 42.5 Å². The molecular formula is C18H22N4O. The molecule has 1 N–H and O–H groups in total. The van der Waals surface area contributed by atoms with E-state index in [0.29, 0.717) is 11.9 Å². The number of rotatable bonds is 6. The van der Waals surface area contributed by atoms with Gasteiger partial charge in [-0.2, -0.15) is 0 Å². The lowest BCUT2D eigenvalue weighted by atomic mass is 10.2. The van der Waals surface area contributed by atoms with Gasteiger partial charge in [-0.25, -0.2) is 0 Å². The molecule has 1 aliphatic carbocycles. The number of amides is 1. The second-order valence-electron chi connectivity index (χ2n) is 6.25. The Morgan fingerprint density at radius 2 is 1.91 bits per heavy atom. The van der Waals surface area contributed by atoms with Crippen LogP contribution in [-0.4, -0.2) is 22.1 Å². The Hall–Kier alpha value is -2.43. The first-order valence-electron chi connectivity index (χ1n) is 8.08. The summed E-state index contributed by atoms with van der Waals surface area (Å²) in [5, 5.41) is 11.3. The zero-order valence-electron chi connectivity index (χ0n) is 13.6. The quantitative estimate of drug-likeness (QED) is 0.890. The predicted octanol–water partition coefficient (Wildman–Crippen LogP) is 3.24. The van der Waals surface area contributed by atoms with Crippen LogP contribution in [0, 0.1) is 5.92 Å². The number of carbonyl (C=O) groups excluding carboxylic acids is 1. The van der Waals surface area contributed by atoms with Gasteiger partial charge in [-0.05, 0) is 44.4 Å². The van der Waals surface area contributed by atoms with E-state index in [0.717, 1.165) is 25.2 Å². The van der Waals surface area contributed by atoms with Gasteiger partial charge in [0.2, 0.25) is 5.91 Å². The molecule has 1 aromatic carbocycles. The molecule has 1 aliphatic rings. The molecule has 0 atom stereocenters. The van der Waals surface area contributed by atoms with Crippen LogP contribution in [0.25, 0.3) is 0 Å². The molecule has 0 radical (unpaired) electrons. The van der Waals surface area contributed by atoms with Gasteiger partial charge in [-0.15, -0.1) is 10.2 Å². The van der Waals surface area contributed by atoms with Crippen LogP contribution in [0.1, 0.15) is 32.3 Å². The minimum absolute atomic E-state index is 0.0528. The minimum atomic E-state index is 0.0528. The lowest BCUT2D eigenvalue weighted by Gasteiger charge is -2.27. The molecule has 0 bridgehead atoms. The molecule has 120 valence electrons. The van der Waals surface area contributed by atoms with Gasteiger partial charge < -0.3 is 10.2 Å². The molecule has 0 saturated heterocycles. The second kappa shape index (κ2) is 6.77. The topological polar surface area (TPSA) is 58.1 Å². The van der Waals surface area contributed by atoms with Gasteiger partial charge in [0.05, 0.1) is 0 Å². The van der Waals surface area contributed by atoms with Crippen LogP contribution in [0.4, 0.5) is 11.6 Å². The maximum Gasteiger partial charge on any atom is 0.228 e. The average molecular weight is 310 g/mol. The Kier molecular flexibility index (Phi) is 4.55. The number of carbonyl (C=O) groups is 1. The SMILES string of the molecule is CC(C)N(Cc1ccccc1)c1ccc(NC(=O)C2CC2)nn1. The number of nitrogens with one attached hydrogen (secondary N) is 1. The first-order chi connectivity index (χ1) is 11.1. The molecule has 2 aromatic rings. The number of hydrogen-bond acceptors (Lipinski definition) is 4. The van der Waals surface area contributed by atoms with Crippen molar-refractivity contribution in [3.05, 3.63) is 48.0 Å². The van der Waals surface area contributed by atoms with Crippen molar-refractivity contribution in [1.82, 2.24) is 10.2 Å². The van der Waals surface area contributed by atoms with Crippen LogP contribution in [0.3, 0.4) is 0 Å². The summed E-state index contributed by atoms with van der Waals surface area (Å²) in [6.45, 7) is 5.04. The van der Waals surface area contributed by atoms with E-state index in [1.54, 1.807) is 0 Å². The number of anilines is 2. The summed E-state index contributed by atoms with van der Waals surface area (Å²) in [4.78, 5) is 13.9. The summed E-state index contributed by atoms with van der Waals surface area (Å²) < 4.78 is 0.